The summed E-state index contributed by atoms with van der Waals surface area (Å²) in [5.41, 5.74) is 1.50. The largest absolute Gasteiger partial charge is 0.392 e. The number of rotatable bonds is 5. The molecular formula is C15H14O5S. The molecule has 0 spiro atoms. The number of benzene rings is 2. The molecule has 21 heavy (non-hydrogen) atoms. The van der Waals surface area contributed by atoms with E-state index in [0.717, 1.165) is 5.56 Å². The summed E-state index contributed by atoms with van der Waals surface area (Å²) in [4.78, 5) is 10.7. The Labute approximate surface area is 122 Å². The topological polar surface area (TPSA) is 80.7 Å². The van der Waals surface area contributed by atoms with Crippen molar-refractivity contribution in [2.24, 2.45) is 0 Å². The van der Waals surface area contributed by atoms with Crippen LogP contribution in [0.1, 0.15) is 21.5 Å². The lowest BCUT2D eigenvalue weighted by Crippen LogP contribution is -2.11. The Hall–Kier alpha value is -2.18. The van der Waals surface area contributed by atoms with Gasteiger partial charge in [0.15, 0.2) is 0 Å². The summed E-state index contributed by atoms with van der Waals surface area (Å²) >= 11 is 0. The minimum atomic E-state index is -3.98. The summed E-state index contributed by atoms with van der Waals surface area (Å²) in [6.07, 6.45) is 0.609. The van der Waals surface area contributed by atoms with Crippen LogP contribution in [0.15, 0.2) is 47.4 Å². The van der Waals surface area contributed by atoms with Gasteiger partial charge in [0.05, 0.1) is 6.61 Å². The minimum absolute atomic E-state index is 0.00340. The molecule has 6 heteroatoms. The van der Waals surface area contributed by atoms with E-state index in [2.05, 4.69) is 0 Å². The zero-order valence-electron chi connectivity index (χ0n) is 11.3. The third-order valence-electron chi connectivity index (χ3n) is 2.90. The van der Waals surface area contributed by atoms with Crippen molar-refractivity contribution in [2.75, 3.05) is 0 Å². The smallest absolute Gasteiger partial charge is 0.339 e. The molecule has 0 saturated heterocycles. The number of aldehydes is 1. The fraction of sp³-hybridized carbons (Fsp3) is 0.133. The van der Waals surface area contributed by atoms with Gasteiger partial charge in [0.25, 0.3) is 0 Å². The number of aryl methyl sites for hydroxylation is 1. The van der Waals surface area contributed by atoms with Crippen LogP contribution >= 0.6 is 0 Å². The summed E-state index contributed by atoms with van der Waals surface area (Å²) in [5, 5.41) is 9.25. The average Bonchev–Trinajstić information content (AvgIpc) is 2.47. The van der Waals surface area contributed by atoms with Crippen LogP contribution in [0.2, 0.25) is 0 Å². The summed E-state index contributed by atoms with van der Waals surface area (Å²) in [6.45, 7) is 1.42. The van der Waals surface area contributed by atoms with Crippen LogP contribution in [0.25, 0.3) is 0 Å². The van der Waals surface area contributed by atoms with E-state index in [1.54, 1.807) is 12.1 Å². The molecule has 0 unspecified atom stereocenters. The van der Waals surface area contributed by atoms with E-state index in [4.69, 9.17) is 4.18 Å². The molecule has 1 N–H and O–H groups in total. The maximum absolute atomic E-state index is 12.2. The van der Waals surface area contributed by atoms with Gasteiger partial charge in [-0.2, -0.15) is 8.42 Å². The van der Waals surface area contributed by atoms with Crippen LogP contribution in [-0.4, -0.2) is 19.8 Å². The van der Waals surface area contributed by atoms with Crippen molar-refractivity contribution in [1.29, 1.82) is 0 Å². The van der Waals surface area contributed by atoms with Crippen molar-refractivity contribution >= 4 is 16.4 Å². The van der Waals surface area contributed by atoms with Crippen molar-refractivity contribution < 1.29 is 22.5 Å². The van der Waals surface area contributed by atoms with Gasteiger partial charge >= 0.3 is 10.1 Å². The van der Waals surface area contributed by atoms with Crippen LogP contribution in [0.3, 0.4) is 0 Å². The van der Waals surface area contributed by atoms with Crippen LogP contribution < -0.4 is 4.18 Å². The van der Waals surface area contributed by atoms with E-state index >= 15 is 0 Å². The third-order valence-corrected chi connectivity index (χ3v) is 4.15. The van der Waals surface area contributed by atoms with Crippen molar-refractivity contribution in [1.82, 2.24) is 0 Å². The first-order valence-corrected chi connectivity index (χ1v) is 7.57. The molecule has 0 aliphatic rings. The Bertz CT molecular complexity index is 748. The normalized spacial score (nSPS) is 11.1. The molecule has 0 fully saturated rings. The van der Waals surface area contributed by atoms with E-state index < -0.39 is 16.7 Å². The molecule has 0 aliphatic heterocycles. The quantitative estimate of drug-likeness (QED) is 0.675. The first-order chi connectivity index (χ1) is 9.96. The molecule has 2 aromatic carbocycles. The van der Waals surface area contributed by atoms with Crippen LogP contribution in [0.4, 0.5) is 0 Å². The molecule has 110 valence electrons. The first kappa shape index (κ1) is 15.2. The number of hydrogen-bond acceptors (Lipinski definition) is 5. The average molecular weight is 306 g/mol. The van der Waals surface area contributed by atoms with E-state index in [-0.39, 0.29) is 16.2 Å². The molecule has 0 bridgehead atoms. The van der Waals surface area contributed by atoms with Crippen molar-refractivity contribution in [2.45, 2.75) is 18.4 Å². The zero-order valence-corrected chi connectivity index (χ0v) is 12.1. The van der Waals surface area contributed by atoms with Gasteiger partial charge in [-0.15, -0.1) is 0 Å². The highest BCUT2D eigenvalue weighted by Crippen LogP contribution is 2.24. The van der Waals surface area contributed by atoms with Crippen LogP contribution in [0, 0.1) is 6.92 Å². The molecule has 0 amide bonds. The summed E-state index contributed by atoms with van der Waals surface area (Å²) in [5.74, 6) is 0.00340. The van der Waals surface area contributed by atoms with Gasteiger partial charge in [-0.3, -0.25) is 4.79 Å². The molecular weight excluding hydrogens is 292 g/mol. The molecule has 0 atom stereocenters. The lowest BCUT2D eigenvalue weighted by molar-refractivity contribution is 0.112. The zero-order chi connectivity index (χ0) is 15.5. The van der Waals surface area contributed by atoms with Gasteiger partial charge < -0.3 is 9.29 Å². The van der Waals surface area contributed by atoms with E-state index in [1.165, 1.54) is 30.3 Å². The van der Waals surface area contributed by atoms with Gasteiger partial charge in [0, 0.05) is 11.1 Å². The third kappa shape index (κ3) is 3.48. The molecule has 0 radical (unpaired) electrons. The van der Waals surface area contributed by atoms with Gasteiger partial charge in [-0.25, -0.2) is 0 Å². The van der Waals surface area contributed by atoms with Gasteiger partial charge in [0.1, 0.15) is 16.9 Å². The van der Waals surface area contributed by atoms with Crippen molar-refractivity contribution in [3.05, 3.63) is 59.2 Å². The second-order valence-electron chi connectivity index (χ2n) is 4.49. The monoisotopic (exact) mass is 306 g/mol. The van der Waals surface area contributed by atoms with Gasteiger partial charge in [-0.1, -0.05) is 17.7 Å². The maximum Gasteiger partial charge on any atom is 0.339 e. The molecule has 2 aromatic rings. The number of hydrogen-bond donors (Lipinski definition) is 1. The standard InChI is InChI=1S/C15H14O5S/c1-11-2-5-14(6-3-11)21(18,19)20-15-7-4-12(9-16)8-13(15)10-17/h2-9,17H,10H2,1H3. The number of aliphatic hydroxyl groups excluding tert-OH is 1. The van der Waals surface area contributed by atoms with Gasteiger partial charge in [-0.05, 0) is 37.3 Å². The molecule has 0 aromatic heterocycles. The predicted molar refractivity (Wildman–Crippen MR) is 76.7 cm³/mol. The Morgan fingerprint density at radius 1 is 1.14 bits per heavy atom. The number of aliphatic hydroxyl groups is 1. The number of carbonyl (C=O) groups excluding carboxylic acids is 1. The highest BCUT2D eigenvalue weighted by Gasteiger charge is 2.18. The molecule has 5 nitrogen and oxygen atoms in total. The summed E-state index contributed by atoms with van der Waals surface area (Å²) in [6, 6.07) is 10.4. The van der Waals surface area contributed by atoms with Crippen LogP contribution in [0.5, 0.6) is 5.75 Å². The molecule has 0 aliphatic carbocycles. The van der Waals surface area contributed by atoms with E-state index in [9.17, 15) is 18.3 Å². The molecule has 2 rings (SSSR count). The molecule has 0 saturated carbocycles. The fourth-order valence-electron chi connectivity index (χ4n) is 1.75. The highest BCUT2D eigenvalue weighted by molar-refractivity contribution is 7.87. The predicted octanol–water partition coefficient (Wildman–Crippen LogP) is 2.07. The lowest BCUT2D eigenvalue weighted by atomic mass is 10.1. The Morgan fingerprint density at radius 3 is 2.38 bits per heavy atom. The SMILES string of the molecule is Cc1ccc(S(=O)(=O)Oc2ccc(C=O)cc2CO)cc1. The fourth-order valence-corrected chi connectivity index (χ4v) is 2.71. The minimum Gasteiger partial charge on any atom is -0.392 e. The van der Waals surface area contributed by atoms with Crippen LogP contribution in [-0.2, 0) is 16.7 Å². The number of carbonyl (C=O) groups is 1. The Kier molecular flexibility index (Phi) is 4.40. The highest BCUT2D eigenvalue weighted by atomic mass is 32.2. The molecule has 0 heterocycles. The van der Waals surface area contributed by atoms with Crippen molar-refractivity contribution in [3.8, 4) is 5.75 Å². The summed E-state index contributed by atoms with van der Waals surface area (Å²) in [7, 11) is -3.98. The Morgan fingerprint density at radius 2 is 1.81 bits per heavy atom. The second-order valence-corrected chi connectivity index (χ2v) is 6.04. The van der Waals surface area contributed by atoms with E-state index in [1.807, 2.05) is 6.92 Å². The first-order valence-electron chi connectivity index (χ1n) is 6.16. The lowest BCUT2D eigenvalue weighted by Gasteiger charge is -2.11. The van der Waals surface area contributed by atoms with Crippen molar-refractivity contribution in [3.63, 3.8) is 0 Å². The Balaban J connectivity index is 2.36. The second kappa shape index (κ2) is 6.07. The van der Waals surface area contributed by atoms with Gasteiger partial charge in [0.2, 0.25) is 0 Å². The summed E-state index contributed by atoms with van der Waals surface area (Å²) < 4.78 is 29.4. The van der Waals surface area contributed by atoms with E-state index in [0.29, 0.717) is 11.8 Å². The maximum atomic E-state index is 12.2.